The molecule has 0 bridgehead atoms. The summed E-state index contributed by atoms with van der Waals surface area (Å²) in [5.41, 5.74) is 0. The Balaban J connectivity index is 2.33. The van der Waals surface area contributed by atoms with E-state index < -0.39 is 10.0 Å². The van der Waals surface area contributed by atoms with E-state index in [1.54, 1.807) is 0 Å². The Bertz CT molecular complexity index is 497. The monoisotopic (exact) mass is 318 g/mol. The van der Waals surface area contributed by atoms with Crippen molar-refractivity contribution in [1.82, 2.24) is 9.62 Å². The third kappa shape index (κ3) is 5.52. The zero-order valence-electron chi connectivity index (χ0n) is 12.8. The molecule has 0 saturated carbocycles. The van der Waals surface area contributed by atoms with Crippen molar-refractivity contribution in [1.29, 1.82) is 0 Å². The minimum Gasteiger partial charge on any atom is -0.309 e. The van der Waals surface area contributed by atoms with Gasteiger partial charge in [-0.2, -0.15) is 0 Å². The second-order valence-corrected chi connectivity index (χ2v) is 8.12. The highest BCUT2D eigenvalue weighted by Gasteiger charge is 2.13. The molecule has 0 aliphatic heterocycles. The van der Waals surface area contributed by atoms with Crippen molar-refractivity contribution in [2.75, 3.05) is 25.9 Å². The van der Waals surface area contributed by atoms with Crippen LogP contribution in [0, 0.1) is 0 Å². The molecule has 0 radical (unpaired) electrons. The van der Waals surface area contributed by atoms with Crippen molar-refractivity contribution in [2.45, 2.75) is 39.7 Å². The minimum atomic E-state index is -3.06. The fourth-order valence-corrected chi connectivity index (χ4v) is 3.96. The molecule has 0 aliphatic carbocycles. The fourth-order valence-electron chi connectivity index (χ4n) is 2.05. The molecule has 1 rings (SSSR count). The molecule has 0 fully saturated rings. The van der Waals surface area contributed by atoms with Gasteiger partial charge in [0.05, 0.1) is 6.26 Å². The van der Waals surface area contributed by atoms with E-state index >= 15 is 0 Å². The van der Waals surface area contributed by atoms with E-state index in [2.05, 4.69) is 31.3 Å². The molecule has 0 aliphatic rings. The third-order valence-electron chi connectivity index (χ3n) is 3.31. The van der Waals surface area contributed by atoms with Crippen molar-refractivity contribution < 1.29 is 8.42 Å². The number of thiophene rings is 1. The Hall–Kier alpha value is -0.430. The SMILES string of the molecule is CCc1ccc(C(C)NCCCN(CC)S(C)(=O)=O)s1. The lowest BCUT2D eigenvalue weighted by molar-refractivity contribution is 0.414. The van der Waals surface area contributed by atoms with Crippen LogP contribution in [0.2, 0.25) is 0 Å². The summed E-state index contributed by atoms with van der Waals surface area (Å²) in [7, 11) is -3.06. The highest BCUT2D eigenvalue weighted by molar-refractivity contribution is 7.88. The summed E-state index contributed by atoms with van der Waals surface area (Å²) >= 11 is 1.85. The van der Waals surface area contributed by atoms with Crippen LogP contribution < -0.4 is 5.32 Å². The smallest absolute Gasteiger partial charge is 0.211 e. The molecule has 1 N–H and O–H groups in total. The quantitative estimate of drug-likeness (QED) is 0.712. The summed E-state index contributed by atoms with van der Waals surface area (Å²) in [5, 5.41) is 3.46. The molecular weight excluding hydrogens is 292 g/mol. The molecule has 1 heterocycles. The van der Waals surface area contributed by atoms with Gasteiger partial charge in [-0.1, -0.05) is 13.8 Å². The van der Waals surface area contributed by atoms with Crippen LogP contribution in [0.3, 0.4) is 0 Å². The Morgan fingerprint density at radius 1 is 1.35 bits per heavy atom. The van der Waals surface area contributed by atoms with E-state index in [9.17, 15) is 8.42 Å². The minimum absolute atomic E-state index is 0.327. The van der Waals surface area contributed by atoms with Gasteiger partial charge in [-0.25, -0.2) is 12.7 Å². The van der Waals surface area contributed by atoms with Crippen LogP contribution >= 0.6 is 11.3 Å². The van der Waals surface area contributed by atoms with Gasteiger partial charge in [0.2, 0.25) is 10.0 Å². The summed E-state index contributed by atoms with van der Waals surface area (Å²) in [6.07, 6.45) is 3.18. The number of sulfonamides is 1. The van der Waals surface area contributed by atoms with Crippen LogP contribution in [0.5, 0.6) is 0 Å². The fraction of sp³-hybridized carbons (Fsp3) is 0.714. The number of hydrogen-bond acceptors (Lipinski definition) is 4. The molecule has 20 heavy (non-hydrogen) atoms. The van der Waals surface area contributed by atoms with E-state index in [1.165, 1.54) is 20.3 Å². The second kappa shape index (κ2) is 8.12. The molecule has 0 spiro atoms. The van der Waals surface area contributed by atoms with Crippen molar-refractivity contribution in [3.8, 4) is 0 Å². The van der Waals surface area contributed by atoms with E-state index in [4.69, 9.17) is 0 Å². The molecule has 0 saturated heterocycles. The van der Waals surface area contributed by atoms with Gasteiger partial charge < -0.3 is 5.32 Å². The molecule has 6 heteroatoms. The molecule has 1 atom stereocenters. The van der Waals surface area contributed by atoms with E-state index in [-0.39, 0.29) is 0 Å². The zero-order chi connectivity index (χ0) is 15.2. The Kier molecular flexibility index (Phi) is 7.15. The summed E-state index contributed by atoms with van der Waals surface area (Å²) in [6.45, 7) is 8.14. The molecule has 4 nitrogen and oxygen atoms in total. The summed E-state index contributed by atoms with van der Waals surface area (Å²) in [4.78, 5) is 2.75. The first-order valence-corrected chi connectivity index (χ1v) is 9.82. The van der Waals surface area contributed by atoms with E-state index in [1.807, 2.05) is 18.3 Å². The van der Waals surface area contributed by atoms with Crippen molar-refractivity contribution >= 4 is 21.4 Å². The van der Waals surface area contributed by atoms with Gasteiger partial charge in [0.1, 0.15) is 0 Å². The van der Waals surface area contributed by atoms with Crippen molar-refractivity contribution in [2.24, 2.45) is 0 Å². The molecule has 116 valence electrons. The first-order chi connectivity index (χ1) is 9.38. The van der Waals surface area contributed by atoms with Crippen molar-refractivity contribution in [3.05, 3.63) is 21.9 Å². The van der Waals surface area contributed by atoms with Crippen molar-refractivity contribution in [3.63, 3.8) is 0 Å². The van der Waals surface area contributed by atoms with Gasteiger partial charge in [0.25, 0.3) is 0 Å². The number of nitrogens with one attached hydrogen (secondary N) is 1. The molecule has 0 aromatic carbocycles. The van der Waals surface area contributed by atoms with Crippen LogP contribution in [0.25, 0.3) is 0 Å². The zero-order valence-corrected chi connectivity index (χ0v) is 14.5. The van der Waals surface area contributed by atoms with Crippen LogP contribution in [-0.2, 0) is 16.4 Å². The molecule has 1 unspecified atom stereocenters. The third-order valence-corrected chi connectivity index (χ3v) is 6.11. The lowest BCUT2D eigenvalue weighted by atomic mass is 10.2. The van der Waals surface area contributed by atoms with Crippen LogP contribution in [0.15, 0.2) is 12.1 Å². The maximum atomic E-state index is 11.5. The second-order valence-electron chi connectivity index (χ2n) is 4.94. The Morgan fingerprint density at radius 3 is 2.55 bits per heavy atom. The Labute approximate surface area is 127 Å². The first kappa shape index (κ1) is 17.6. The lowest BCUT2D eigenvalue weighted by Gasteiger charge is -2.18. The van der Waals surface area contributed by atoms with E-state index in [0.29, 0.717) is 19.1 Å². The lowest BCUT2D eigenvalue weighted by Crippen LogP contribution is -2.32. The van der Waals surface area contributed by atoms with Gasteiger partial charge in [0, 0.05) is 28.9 Å². The Morgan fingerprint density at radius 2 is 2.05 bits per heavy atom. The maximum absolute atomic E-state index is 11.5. The topological polar surface area (TPSA) is 49.4 Å². The number of nitrogens with zero attached hydrogens (tertiary/aromatic N) is 1. The van der Waals surface area contributed by atoms with Crippen LogP contribution in [0.4, 0.5) is 0 Å². The van der Waals surface area contributed by atoms with E-state index in [0.717, 1.165) is 19.4 Å². The predicted molar refractivity (Wildman–Crippen MR) is 86.8 cm³/mol. The van der Waals surface area contributed by atoms with Crippen LogP contribution in [-0.4, -0.2) is 38.6 Å². The first-order valence-electron chi connectivity index (χ1n) is 7.15. The molecule has 1 aromatic heterocycles. The summed E-state index contributed by atoms with van der Waals surface area (Å²) in [5.74, 6) is 0. The largest absolute Gasteiger partial charge is 0.309 e. The summed E-state index contributed by atoms with van der Waals surface area (Å²) in [6, 6.07) is 4.69. The molecule has 0 amide bonds. The highest BCUT2D eigenvalue weighted by Crippen LogP contribution is 2.23. The van der Waals surface area contributed by atoms with Gasteiger partial charge in [-0.05, 0) is 38.4 Å². The number of hydrogen-bond donors (Lipinski definition) is 1. The average Bonchev–Trinajstić information content (AvgIpc) is 2.85. The normalized spacial score (nSPS) is 13.8. The van der Waals surface area contributed by atoms with Gasteiger partial charge in [-0.3, -0.25) is 0 Å². The van der Waals surface area contributed by atoms with Gasteiger partial charge in [-0.15, -0.1) is 11.3 Å². The van der Waals surface area contributed by atoms with Gasteiger partial charge in [0.15, 0.2) is 0 Å². The van der Waals surface area contributed by atoms with Gasteiger partial charge >= 0.3 is 0 Å². The highest BCUT2D eigenvalue weighted by atomic mass is 32.2. The predicted octanol–water partition coefficient (Wildman–Crippen LogP) is 2.63. The average molecular weight is 319 g/mol. The molecule has 1 aromatic rings. The standard InChI is InChI=1S/C14H26N2O2S2/c1-5-13-8-9-14(19-13)12(3)15-10-7-11-16(6-2)20(4,17)18/h8-9,12,15H,5-7,10-11H2,1-4H3. The maximum Gasteiger partial charge on any atom is 0.211 e. The number of aryl methyl sites for hydroxylation is 1. The van der Waals surface area contributed by atoms with Crippen LogP contribution in [0.1, 0.15) is 43.0 Å². The number of rotatable bonds is 9. The summed E-state index contributed by atoms with van der Waals surface area (Å²) < 4.78 is 24.4. The molecular formula is C14H26N2O2S2.